The molecule has 3 heteroatoms. The smallest absolute Gasteiger partial charge is 0.139 e. The van der Waals surface area contributed by atoms with Crippen molar-refractivity contribution in [2.45, 2.75) is 45.1 Å². The number of ether oxygens (including phenoxy) is 1. The van der Waals surface area contributed by atoms with Crippen molar-refractivity contribution in [2.24, 2.45) is 5.92 Å². The Morgan fingerprint density at radius 1 is 1.41 bits per heavy atom. The number of likely N-dealkylation sites (N-methyl/N-ethyl adjacent to an activating group) is 1. The molecule has 1 N–H and O–H groups in total. The third-order valence-electron chi connectivity index (χ3n) is 3.29. The second-order valence-corrected chi connectivity index (χ2v) is 4.66. The minimum Gasteiger partial charge on any atom is -0.379 e. The van der Waals surface area contributed by atoms with Crippen LogP contribution in [0, 0.1) is 5.92 Å². The van der Waals surface area contributed by atoms with E-state index in [4.69, 9.17) is 4.74 Å². The first kappa shape index (κ1) is 14.4. The van der Waals surface area contributed by atoms with E-state index in [0.29, 0.717) is 25.4 Å². The lowest BCUT2D eigenvalue weighted by Crippen LogP contribution is -2.39. The highest BCUT2D eigenvalue weighted by atomic mass is 16.5. The quantitative estimate of drug-likeness (QED) is 0.496. The number of hydrogen-bond donors (Lipinski definition) is 1. The van der Waals surface area contributed by atoms with Crippen LogP contribution in [0.15, 0.2) is 12.7 Å². The molecule has 1 saturated heterocycles. The van der Waals surface area contributed by atoms with E-state index in [2.05, 4.69) is 18.8 Å². The van der Waals surface area contributed by atoms with Crippen LogP contribution in [0.5, 0.6) is 0 Å². The topological polar surface area (TPSA) is 38.3 Å². The molecule has 0 radical (unpaired) electrons. The molecule has 1 heterocycles. The molecule has 0 aromatic heterocycles. The minimum atomic E-state index is 0.0781. The van der Waals surface area contributed by atoms with Gasteiger partial charge in [-0.05, 0) is 25.8 Å². The number of Topliss-reactive ketones (excluding diaryl/α,β-unsaturated/α-hetero) is 1. The zero-order valence-corrected chi connectivity index (χ0v) is 10.9. The number of hydrogen-bond acceptors (Lipinski definition) is 3. The maximum Gasteiger partial charge on any atom is 0.139 e. The Balaban J connectivity index is 2.19. The van der Waals surface area contributed by atoms with Crippen LogP contribution < -0.4 is 5.32 Å². The van der Waals surface area contributed by atoms with Crippen molar-refractivity contribution in [1.29, 1.82) is 0 Å². The van der Waals surface area contributed by atoms with Gasteiger partial charge in [-0.3, -0.25) is 4.79 Å². The average Bonchev–Trinajstić information content (AvgIpc) is 2.77. The summed E-state index contributed by atoms with van der Waals surface area (Å²) in [6.45, 7) is 7.94. The number of ketones is 1. The first-order valence-electron chi connectivity index (χ1n) is 6.74. The van der Waals surface area contributed by atoms with Gasteiger partial charge < -0.3 is 10.1 Å². The van der Waals surface area contributed by atoms with Crippen LogP contribution in [0.1, 0.15) is 39.0 Å². The van der Waals surface area contributed by atoms with Crippen molar-refractivity contribution in [2.75, 3.05) is 19.8 Å². The fourth-order valence-corrected chi connectivity index (χ4v) is 2.29. The Labute approximate surface area is 105 Å². The van der Waals surface area contributed by atoms with E-state index < -0.39 is 0 Å². The lowest BCUT2D eigenvalue weighted by molar-refractivity contribution is -0.123. The first-order valence-corrected chi connectivity index (χ1v) is 6.74. The lowest BCUT2D eigenvalue weighted by atomic mass is 9.94. The molecule has 3 nitrogen and oxygen atoms in total. The summed E-state index contributed by atoms with van der Waals surface area (Å²) in [4.78, 5) is 12.0. The van der Waals surface area contributed by atoms with Gasteiger partial charge in [0.15, 0.2) is 0 Å². The van der Waals surface area contributed by atoms with Gasteiger partial charge in [-0.1, -0.05) is 19.4 Å². The summed E-state index contributed by atoms with van der Waals surface area (Å²) in [5.41, 5.74) is 0. The second kappa shape index (κ2) is 8.43. The van der Waals surface area contributed by atoms with Gasteiger partial charge in [0.25, 0.3) is 0 Å². The number of carbonyl (C=O) groups is 1. The largest absolute Gasteiger partial charge is 0.379 e. The van der Waals surface area contributed by atoms with Crippen molar-refractivity contribution in [1.82, 2.24) is 5.32 Å². The maximum absolute atomic E-state index is 12.0. The first-order chi connectivity index (χ1) is 8.29. The van der Waals surface area contributed by atoms with Gasteiger partial charge in [-0.2, -0.15) is 0 Å². The predicted molar refractivity (Wildman–Crippen MR) is 70.1 cm³/mol. The Morgan fingerprint density at radius 3 is 2.94 bits per heavy atom. The Hall–Kier alpha value is -0.670. The predicted octanol–water partition coefficient (Wildman–Crippen LogP) is 2.32. The number of carbonyl (C=O) groups excluding carboxylic acids is 1. The molecule has 0 amide bonds. The fraction of sp³-hybridized carbons (Fsp3) is 0.786. The van der Waals surface area contributed by atoms with E-state index in [1.807, 2.05) is 6.08 Å². The molecular formula is C14H25NO2. The Bertz CT molecular complexity index is 240. The molecule has 0 aromatic rings. The molecule has 0 saturated carbocycles. The van der Waals surface area contributed by atoms with Crippen LogP contribution >= 0.6 is 0 Å². The van der Waals surface area contributed by atoms with Gasteiger partial charge in [0.2, 0.25) is 0 Å². The zero-order valence-electron chi connectivity index (χ0n) is 10.9. The van der Waals surface area contributed by atoms with Crippen molar-refractivity contribution in [3.63, 3.8) is 0 Å². The molecular weight excluding hydrogens is 214 g/mol. The molecule has 2 unspecified atom stereocenters. The van der Waals surface area contributed by atoms with Gasteiger partial charge in [-0.15, -0.1) is 6.58 Å². The van der Waals surface area contributed by atoms with Gasteiger partial charge in [-0.25, -0.2) is 0 Å². The minimum absolute atomic E-state index is 0.0781. The third kappa shape index (κ3) is 5.00. The molecule has 0 aromatic carbocycles. The SMILES string of the molecule is C=CCCCCCC(=O)C1COCC1NCC. The van der Waals surface area contributed by atoms with Crippen LogP contribution in [0.2, 0.25) is 0 Å². The molecule has 1 rings (SSSR count). The maximum atomic E-state index is 12.0. The van der Waals surface area contributed by atoms with Crippen molar-refractivity contribution >= 4 is 5.78 Å². The van der Waals surface area contributed by atoms with Crippen LogP contribution in [0.4, 0.5) is 0 Å². The highest BCUT2D eigenvalue weighted by molar-refractivity contribution is 5.82. The monoisotopic (exact) mass is 239 g/mol. The standard InChI is InChI=1S/C14H25NO2/c1-3-5-6-7-8-9-14(16)12-10-17-11-13(12)15-4-2/h3,12-13,15H,1,4-11H2,2H3. The fourth-order valence-electron chi connectivity index (χ4n) is 2.29. The summed E-state index contributed by atoms with van der Waals surface area (Å²) in [5, 5.41) is 3.33. The molecule has 1 aliphatic rings. The highest BCUT2D eigenvalue weighted by Crippen LogP contribution is 2.18. The van der Waals surface area contributed by atoms with Crippen molar-refractivity contribution < 1.29 is 9.53 Å². The molecule has 1 fully saturated rings. The van der Waals surface area contributed by atoms with Gasteiger partial charge in [0.05, 0.1) is 19.1 Å². The van der Waals surface area contributed by atoms with Crippen molar-refractivity contribution in [3.8, 4) is 0 Å². The van der Waals surface area contributed by atoms with Crippen LogP contribution in [-0.2, 0) is 9.53 Å². The van der Waals surface area contributed by atoms with E-state index >= 15 is 0 Å². The van der Waals surface area contributed by atoms with Crippen molar-refractivity contribution in [3.05, 3.63) is 12.7 Å². The van der Waals surface area contributed by atoms with Gasteiger partial charge in [0, 0.05) is 12.5 Å². The summed E-state index contributed by atoms with van der Waals surface area (Å²) in [6, 6.07) is 0.237. The summed E-state index contributed by atoms with van der Waals surface area (Å²) in [6.07, 6.45) is 6.97. The summed E-state index contributed by atoms with van der Waals surface area (Å²) in [7, 11) is 0. The van der Waals surface area contributed by atoms with Crippen LogP contribution in [0.3, 0.4) is 0 Å². The van der Waals surface area contributed by atoms with E-state index in [-0.39, 0.29) is 12.0 Å². The second-order valence-electron chi connectivity index (χ2n) is 4.66. The zero-order chi connectivity index (χ0) is 12.5. The van der Waals surface area contributed by atoms with Crippen LogP contribution in [-0.4, -0.2) is 31.6 Å². The third-order valence-corrected chi connectivity index (χ3v) is 3.29. The van der Waals surface area contributed by atoms with Gasteiger partial charge in [0.1, 0.15) is 5.78 Å². The number of unbranched alkanes of at least 4 members (excludes halogenated alkanes) is 3. The van der Waals surface area contributed by atoms with E-state index in [9.17, 15) is 4.79 Å². The summed E-state index contributed by atoms with van der Waals surface area (Å²) in [5.74, 6) is 0.446. The molecule has 0 aliphatic carbocycles. The molecule has 98 valence electrons. The highest BCUT2D eigenvalue weighted by Gasteiger charge is 2.32. The number of allylic oxidation sites excluding steroid dienone is 1. The summed E-state index contributed by atoms with van der Waals surface area (Å²) >= 11 is 0. The van der Waals surface area contributed by atoms with Gasteiger partial charge >= 0.3 is 0 Å². The van der Waals surface area contributed by atoms with E-state index in [0.717, 1.165) is 32.2 Å². The van der Waals surface area contributed by atoms with E-state index in [1.54, 1.807) is 0 Å². The average molecular weight is 239 g/mol. The molecule has 1 aliphatic heterocycles. The Morgan fingerprint density at radius 2 is 2.24 bits per heavy atom. The Kier molecular flexibility index (Phi) is 7.13. The molecule has 2 atom stereocenters. The molecule has 0 spiro atoms. The lowest BCUT2D eigenvalue weighted by Gasteiger charge is -2.16. The molecule has 0 bridgehead atoms. The van der Waals surface area contributed by atoms with E-state index in [1.165, 1.54) is 0 Å². The normalized spacial score (nSPS) is 23.8. The number of rotatable bonds is 9. The van der Waals surface area contributed by atoms with Crippen LogP contribution in [0.25, 0.3) is 0 Å². The number of nitrogens with one attached hydrogen (secondary N) is 1. The summed E-state index contributed by atoms with van der Waals surface area (Å²) < 4.78 is 5.39. The molecule has 17 heavy (non-hydrogen) atoms.